The van der Waals surface area contributed by atoms with Gasteiger partial charge in [0.1, 0.15) is 0 Å². The Bertz CT molecular complexity index is 391. The van der Waals surface area contributed by atoms with E-state index in [1.807, 2.05) is 31.2 Å². The van der Waals surface area contributed by atoms with Crippen LogP contribution in [0.4, 0.5) is 0 Å². The number of carbonyl (C=O) groups is 1. The lowest BCUT2D eigenvalue weighted by molar-refractivity contribution is -0.132. The fourth-order valence-corrected chi connectivity index (χ4v) is 1.74. The second kappa shape index (κ2) is 2.73. The summed E-state index contributed by atoms with van der Waals surface area (Å²) in [4.78, 5) is 10.8. The summed E-state index contributed by atoms with van der Waals surface area (Å²) < 4.78 is 0. The molecule has 0 aliphatic heterocycles. The Balaban J connectivity index is 2.50. The van der Waals surface area contributed by atoms with Gasteiger partial charge in [-0.15, -0.1) is 0 Å². The summed E-state index contributed by atoms with van der Waals surface area (Å²) in [6.45, 7) is 1.92. The maximum atomic E-state index is 10.8. The molecule has 0 unspecified atom stereocenters. The molecule has 1 aliphatic carbocycles. The lowest BCUT2D eigenvalue weighted by atomic mass is 9.98. The Morgan fingerprint density at radius 3 is 2.69 bits per heavy atom. The molecule has 0 spiro atoms. The highest BCUT2D eigenvalue weighted by atomic mass is 16.4. The average molecular weight is 174 g/mol. The number of aliphatic carboxylic acids is 1. The topological polar surface area (TPSA) is 37.3 Å². The molecule has 66 valence electrons. The number of fused-ring (bicyclic) bond motifs is 1. The van der Waals surface area contributed by atoms with Crippen molar-refractivity contribution in [2.45, 2.75) is 12.8 Å². The first-order valence-corrected chi connectivity index (χ1v) is 4.24. The van der Waals surface area contributed by atoms with E-state index in [1.54, 1.807) is 6.08 Å². The van der Waals surface area contributed by atoms with Gasteiger partial charge in [-0.25, -0.2) is 4.79 Å². The van der Waals surface area contributed by atoms with Gasteiger partial charge in [0.2, 0.25) is 0 Å². The fraction of sp³-hybridized carbons (Fsp3) is 0.182. The average Bonchev–Trinajstić information content (AvgIpc) is 2.45. The molecular weight excluding hydrogens is 164 g/mol. The maximum Gasteiger partial charge on any atom is 0.332 e. The monoisotopic (exact) mass is 174 g/mol. The van der Waals surface area contributed by atoms with Gasteiger partial charge in [0.05, 0.1) is 0 Å². The van der Waals surface area contributed by atoms with Crippen molar-refractivity contribution in [3.63, 3.8) is 0 Å². The van der Waals surface area contributed by atoms with Gasteiger partial charge in [-0.1, -0.05) is 31.2 Å². The van der Waals surface area contributed by atoms with Crippen molar-refractivity contribution in [3.8, 4) is 0 Å². The standard InChI is InChI=1S/C11H10O2/c1-7-9-5-3-2-4-8(9)6-10(7)11(12)13/h2-7H,1H3,(H,12,13)/t7-/m1/s1. The molecule has 1 aromatic carbocycles. The van der Waals surface area contributed by atoms with Gasteiger partial charge >= 0.3 is 5.97 Å². The van der Waals surface area contributed by atoms with Crippen LogP contribution in [0.5, 0.6) is 0 Å². The maximum absolute atomic E-state index is 10.8. The zero-order chi connectivity index (χ0) is 9.42. The van der Waals surface area contributed by atoms with Crippen molar-refractivity contribution < 1.29 is 9.90 Å². The summed E-state index contributed by atoms with van der Waals surface area (Å²) in [7, 11) is 0. The van der Waals surface area contributed by atoms with Gasteiger partial charge in [0.25, 0.3) is 0 Å². The van der Waals surface area contributed by atoms with Gasteiger partial charge in [-0.05, 0) is 17.2 Å². The van der Waals surface area contributed by atoms with Crippen molar-refractivity contribution in [2.75, 3.05) is 0 Å². The predicted molar refractivity (Wildman–Crippen MR) is 50.5 cm³/mol. The van der Waals surface area contributed by atoms with E-state index < -0.39 is 5.97 Å². The van der Waals surface area contributed by atoms with E-state index in [0.717, 1.165) is 11.1 Å². The largest absolute Gasteiger partial charge is 0.478 e. The molecule has 0 amide bonds. The van der Waals surface area contributed by atoms with Gasteiger partial charge in [-0.2, -0.15) is 0 Å². The van der Waals surface area contributed by atoms with Crippen LogP contribution in [-0.2, 0) is 4.79 Å². The molecule has 1 aliphatic rings. The third-order valence-corrected chi connectivity index (χ3v) is 2.49. The second-order valence-electron chi connectivity index (χ2n) is 3.26. The van der Waals surface area contributed by atoms with Crippen molar-refractivity contribution in [2.24, 2.45) is 0 Å². The highest BCUT2D eigenvalue weighted by Gasteiger charge is 2.24. The van der Waals surface area contributed by atoms with E-state index in [4.69, 9.17) is 5.11 Å². The Labute approximate surface area is 76.5 Å². The molecule has 0 heterocycles. The summed E-state index contributed by atoms with van der Waals surface area (Å²) in [6.07, 6.45) is 1.75. The molecular formula is C11H10O2. The zero-order valence-electron chi connectivity index (χ0n) is 7.32. The van der Waals surface area contributed by atoms with Crippen LogP contribution in [-0.4, -0.2) is 11.1 Å². The summed E-state index contributed by atoms with van der Waals surface area (Å²) in [5.41, 5.74) is 2.63. The number of benzene rings is 1. The SMILES string of the molecule is C[C@H]1C(C(=O)O)=Cc2ccccc21. The molecule has 2 heteroatoms. The smallest absolute Gasteiger partial charge is 0.332 e. The van der Waals surface area contributed by atoms with E-state index in [2.05, 4.69) is 0 Å². The first-order chi connectivity index (χ1) is 6.20. The van der Waals surface area contributed by atoms with Gasteiger partial charge in [-0.3, -0.25) is 0 Å². The molecule has 0 saturated carbocycles. The summed E-state index contributed by atoms with van der Waals surface area (Å²) in [5.74, 6) is -0.794. The van der Waals surface area contributed by atoms with Crippen LogP contribution < -0.4 is 0 Å². The molecule has 13 heavy (non-hydrogen) atoms. The van der Waals surface area contributed by atoms with Gasteiger partial charge in [0.15, 0.2) is 0 Å². The normalized spacial score (nSPS) is 19.5. The van der Waals surface area contributed by atoms with Crippen LogP contribution in [0, 0.1) is 0 Å². The Morgan fingerprint density at radius 1 is 1.38 bits per heavy atom. The lowest BCUT2D eigenvalue weighted by Gasteiger charge is -2.06. The molecule has 0 bridgehead atoms. The number of carboxylic acid groups (broad SMARTS) is 1. The molecule has 0 radical (unpaired) electrons. The van der Waals surface area contributed by atoms with Crippen LogP contribution in [0.25, 0.3) is 6.08 Å². The first-order valence-electron chi connectivity index (χ1n) is 4.24. The van der Waals surface area contributed by atoms with Crippen LogP contribution in [0.2, 0.25) is 0 Å². The van der Waals surface area contributed by atoms with Crippen molar-refractivity contribution in [3.05, 3.63) is 41.0 Å². The minimum Gasteiger partial charge on any atom is -0.478 e. The molecule has 0 aromatic heterocycles. The minimum absolute atomic E-state index is 0.0219. The van der Waals surface area contributed by atoms with Gasteiger partial charge < -0.3 is 5.11 Å². The number of rotatable bonds is 1. The van der Waals surface area contributed by atoms with E-state index in [0.29, 0.717) is 5.57 Å². The Hall–Kier alpha value is -1.57. The number of hydrogen-bond acceptors (Lipinski definition) is 1. The molecule has 2 rings (SSSR count). The first kappa shape index (κ1) is 8.05. The van der Waals surface area contributed by atoms with E-state index in [-0.39, 0.29) is 5.92 Å². The van der Waals surface area contributed by atoms with Crippen molar-refractivity contribution >= 4 is 12.0 Å². The summed E-state index contributed by atoms with van der Waals surface area (Å²) in [5, 5.41) is 8.89. The summed E-state index contributed by atoms with van der Waals surface area (Å²) in [6, 6.07) is 7.79. The highest BCUT2D eigenvalue weighted by Crippen LogP contribution is 2.35. The molecule has 0 fully saturated rings. The van der Waals surface area contributed by atoms with Crippen molar-refractivity contribution in [1.29, 1.82) is 0 Å². The minimum atomic E-state index is -0.816. The van der Waals surface area contributed by atoms with Crippen LogP contribution >= 0.6 is 0 Å². The second-order valence-corrected chi connectivity index (χ2v) is 3.26. The number of hydrogen-bond donors (Lipinski definition) is 1. The third kappa shape index (κ3) is 1.15. The molecule has 1 atom stereocenters. The zero-order valence-corrected chi connectivity index (χ0v) is 7.32. The third-order valence-electron chi connectivity index (χ3n) is 2.49. The fourth-order valence-electron chi connectivity index (χ4n) is 1.74. The number of carboxylic acids is 1. The molecule has 0 saturated heterocycles. The molecule has 1 aromatic rings. The van der Waals surface area contributed by atoms with Crippen LogP contribution in [0.15, 0.2) is 29.8 Å². The lowest BCUT2D eigenvalue weighted by Crippen LogP contribution is -2.03. The van der Waals surface area contributed by atoms with Gasteiger partial charge in [0, 0.05) is 11.5 Å². The van der Waals surface area contributed by atoms with E-state index >= 15 is 0 Å². The molecule has 1 N–H and O–H groups in total. The Kier molecular flexibility index (Phi) is 1.69. The van der Waals surface area contributed by atoms with E-state index in [9.17, 15) is 4.79 Å². The van der Waals surface area contributed by atoms with Crippen molar-refractivity contribution in [1.82, 2.24) is 0 Å². The van der Waals surface area contributed by atoms with Crippen LogP contribution in [0.1, 0.15) is 24.0 Å². The quantitative estimate of drug-likeness (QED) is 0.709. The molecule has 2 nitrogen and oxygen atoms in total. The van der Waals surface area contributed by atoms with Crippen LogP contribution in [0.3, 0.4) is 0 Å². The summed E-state index contributed by atoms with van der Waals surface area (Å²) >= 11 is 0. The predicted octanol–water partition coefficient (Wildman–Crippen LogP) is 2.27. The Morgan fingerprint density at radius 2 is 2.08 bits per heavy atom. The highest BCUT2D eigenvalue weighted by molar-refractivity contribution is 5.96. The van der Waals surface area contributed by atoms with E-state index in [1.165, 1.54) is 0 Å².